The van der Waals surface area contributed by atoms with Crippen LogP contribution in [0.1, 0.15) is 25.0 Å². The molecular weight excluding hydrogens is 280 g/mol. The molecule has 2 rings (SSSR count). The van der Waals surface area contributed by atoms with Crippen molar-refractivity contribution in [3.63, 3.8) is 0 Å². The molecule has 0 fully saturated rings. The molecule has 0 radical (unpaired) electrons. The first-order valence-corrected chi connectivity index (χ1v) is 7.85. The van der Waals surface area contributed by atoms with Crippen LogP contribution in [0.3, 0.4) is 0 Å². The third-order valence-electron chi connectivity index (χ3n) is 3.71. The minimum absolute atomic E-state index is 0.780. The summed E-state index contributed by atoms with van der Waals surface area (Å²) < 4.78 is 0. The van der Waals surface area contributed by atoms with Crippen LogP contribution in [0.25, 0.3) is 0 Å². The highest BCUT2D eigenvalue weighted by Gasteiger charge is 2.05. The fraction of sp³-hybridized carbons (Fsp3) is 0.333. The Bertz CT molecular complexity index is 592. The molecule has 0 saturated heterocycles. The monoisotopic (exact) mass is 302 g/mol. The Morgan fingerprint density at radius 3 is 2.43 bits per heavy atom. The molecular formula is C18H23ClN2. The number of anilines is 2. The predicted octanol–water partition coefficient (Wildman–Crippen LogP) is 5.11. The van der Waals surface area contributed by atoms with Gasteiger partial charge in [0.2, 0.25) is 0 Å². The van der Waals surface area contributed by atoms with E-state index < -0.39 is 0 Å². The van der Waals surface area contributed by atoms with E-state index in [1.165, 1.54) is 22.5 Å². The van der Waals surface area contributed by atoms with Crippen molar-refractivity contribution in [1.82, 2.24) is 0 Å². The normalized spacial score (nSPS) is 10.5. The van der Waals surface area contributed by atoms with Crippen molar-refractivity contribution >= 4 is 23.0 Å². The lowest BCUT2D eigenvalue weighted by Gasteiger charge is -2.22. The quantitative estimate of drug-likeness (QED) is 0.798. The second-order valence-corrected chi connectivity index (χ2v) is 5.59. The van der Waals surface area contributed by atoms with Crippen LogP contribution in [0.15, 0.2) is 42.5 Å². The van der Waals surface area contributed by atoms with Gasteiger partial charge in [0, 0.05) is 36.0 Å². The van der Waals surface area contributed by atoms with E-state index in [-0.39, 0.29) is 0 Å². The number of hydrogen-bond donors (Lipinski definition) is 1. The van der Waals surface area contributed by atoms with Gasteiger partial charge in [-0.15, -0.1) is 0 Å². The van der Waals surface area contributed by atoms with Gasteiger partial charge in [-0.25, -0.2) is 0 Å². The van der Waals surface area contributed by atoms with Crippen LogP contribution in [0, 0.1) is 6.92 Å². The molecule has 2 aromatic carbocycles. The molecule has 0 atom stereocenters. The summed E-state index contributed by atoms with van der Waals surface area (Å²) >= 11 is 6.01. The van der Waals surface area contributed by atoms with E-state index in [0.29, 0.717) is 0 Å². The summed E-state index contributed by atoms with van der Waals surface area (Å²) in [4.78, 5) is 2.35. The number of benzene rings is 2. The summed E-state index contributed by atoms with van der Waals surface area (Å²) in [5.74, 6) is 0. The van der Waals surface area contributed by atoms with Crippen molar-refractivity contribution in [3.05, 3.63) is 58.6 Å². The van der Waals surface area contributed by atoms with E-state index >= 15 is 0 Å². The first kappa shape index (κ1) is 15.7. The molecule has 1 N–H and O–H groups in total. The summed E-state index contributed by atoms with van der Waals surface area (Å²) in [7, 11) is 0. The number of rotatable bonds is 6. The van der Waals surface area contributed by atoms with Crippen LogP contribution in [-0.2, 0) is 6.54 Å². The van der Waals surface area contributed by atoms with Crippen LogP contribution in [0.5, 0.6) is 0 Å². The number of aryl methyl sites for hydroxylation is 1. The maximum Gasteiger partial charge on any atom is 0.0409 e. The lowest BCUT2D eigenvalue weighted by atomic mass is 10.1. The minimum atomic E-state index is 0.780. The largest absolute Gasteiger partial charge is 0.381 e. The Hall–Kier alpha value is -1.67. The van der Waals surface area contributed by atoms with Crippen LogP contribution in [0.2, 0.25) is 5.02 Å². The second kappa shape index (κ2) is 7.37. The van der Waals surface area contributed by atoms with E-state index in [9.17, 15) is 0 Å². The van der Waals surface area contributed by atoms with Gasteiger partial charge in [-0.05, 0) is 62.2 Å². The summed E-state index contributed by atoms with van der Waals surface area (Å²) in [6.45, 7) is 9.37. The molecule has 21 heavy (non-hydrogen) atoms. The molecule has 0 aliphatic carbocycles. The van der Waals surface area contributed by atoms with Crippen molar-refractivity contribution in [2.24, 2.45) is 0 Å². The smallest absolute Gasteiger partial charge is 0.0409 e. The maximum atomic E-state index is 6.01. The topological polar surface area (TPSA) is 15.3 Å². The molecule has 112 valence electrons. The molecule has 0 aliphatic heterocycles. The van der Waals surface area contributed by atoms with E-state index in [2.05, 4.69) is 55.3 Å². The van der Waals surface area contributed by atoms with Gasteiger partial charge in [-0.1, -0.05) is 23.7 Å². The Labute approximate surface area is 132 Å². The molecule has 0 aliphatic rings. The zero-order chi connectivity index (χ0) is 15.2. The number of nitrogens with one attached hydrogen (secondary N) is 1. The first-order valence-electron chi connectivity index (χ1n) is 7.48. The lowest BCUT2D eigenvalue weighted by molar-refractivity contribution is 0.865. The fourth-order valence-electron chi connectivity index (χ4n) is 2.48. The molecule has 2 nitrogen and oxygen atoms in total. The van der Waals surface area contributed by atoms with Gasteiger partial charge in [-0.3, -0.25) is 0 Å². The van der Waals surface area contributed by atoms with E-state index in [1.54, 1.807) is 0 Å². The molecule has 3 heteroatoms. The van der Waals surface area contributed by atoms with Gasteiger partial charge in [0.1, 0.15) is 0 Å². The van der Waals surface area contributed by atoms with E-state index in [4.69, 9.17) is 11.6 Å². The average molecular weight is 303 g/mol. The highest BCUT2D eigenvalue weighted by atomic mass is 35.5. The Balaban J connectivity index is 2.07. The van der Waals surface area contributed by atoms with Gasteiger partial charge in [0.25, 0.3) is 0 Å². The van der Waals surface area contributed by atoms with Crippen molar-refractivity contribution in [1.29, 1.82) is 0 Å². The zero-order valence-electron chi connectivity index (χ0n) is 13.0. The number of halogens is 1. The zero-order valence-corrected chi connectivity index (χ0v) is 13.7. The Morgan fingerprint density at radius 1 is 1.05 bits per heavy atom. The van der Waals surface area contributed by atoms with E-state index in [1.807, 2.05) is 18.2 Å². The second-order valence-electron chi connectivity index (χ2n) is 5.15. The highest BCUT2D eigenvalue weighted by molar-refractivity contribution is 6.30. The average Bonchev–Trinajstić information content (AvgIpc) is 2.48. The van der Waals surface area contributed by atoms with Crippen molar-refractivity contribution in [2.45, 2.75) is 27.3 Å². The van der Waals surface area contributed by atoms with Gasteiger partial charge in [-0.2, -0.15) is 0 Å². The highest BCUT2D eigenvalue weighted by Crippen LogP contribution is 2.23. The molecule has 0 bridgehead atoms. The summed E-state index contributed by atoms with van der Waals surface area (Å²) in [5, 5.41) is 4.26. The molecule has 0 heterocycles. The summed E-state index contributed by atoms with van der Waals surface area (Å²) in [5.41, 5.74) is 4.91. The van der Waals surface area contributed by atoms with Crippen molar-refractivity contribution in [3.8, 4) is 0 Å². The molecule has 0 spiro atoms. The van der Waals surface area contributed by atoms with Crippen LogP contribution in [-0.4, -0.2) is 13.1 Å². The van der Waals surface area contributed by atoms with Crippen LogP contribution in [0.4, 0.5) is 11.4 Å². The van der Waals surface area contributed by atoms with Crippen molar-refractivity contribution in [2.75, 3.05) is 23.3 Å². The Kier molecular flexibility index (Phi) is 5.51. The fourth-order valence-corrected chi connectivity index (χ4v) is 2.69. The van der Waals surface area contributed by atoms with Crippen molar-refractivity contribution < 1.29 is 0 Å². The molecule has 0 saturated carbocycles. The minimum Gasteiger partial charge on any atom is -0.381 e. The molecule has 2 aromatic rings. The summed E-state index contributed by atoms with van der Waals surface area (Å²) in [6.07, 6.45) is 0. The standard InChI is InChI=1S/C18H23ClN2/c1-4-21(5-2)17-9-10-18(14(3)11-17)20-13-15-7-6-8-16(19)12-15/h6-12,20H,4-5,13H2,1-3H3. The molecule has 0 unspecified atom stereocenters. The predicted molar refractivity (Wildman–Crippen MR) is 93.5 cm³/mol. The SMILES string of the molecule is CCN(CC)c1ccc(NCc2cccc(Cl)c2)c(C)c1. The number of nitrogens with zero attached hydrogens (tertiary/aromatic N) is 1. The Morgan fingerprint density at radius 2 is 1.81 bits per heavy atom. The molecule has 0 amide bonds. The molecule has 0 aromatic heterocycles. The summed E-state index contributed by atoms with van der Waals surface area (Å²) in [6, 6.07) is 14.5. The van der Waals surface area contributed by atoms with Gasteiger partial charge in [0.15, 0.2) is 0 Å². The van der Waals surface area contributed by atoms with E-state index in [0.717, 1.165) is 24.7 Å². The third-order valence-corrected chi connectivity index (χ3v) is 3.95. The third kappa shape index (κ3) is 4.15. The first-order chi connectivity index (χ1) is 10.1. The maximum absolute atomic E-state index is 6.01. The number of hydrogen-bond acceptors (Lipinski definition) is 2. The lowest BCUT2D eigenvalue weighted by Crippen LogP contribution is -2.21. The van der Waals surface area contributed by atoms with Crippen LogP contribution >= 0.6 is 11.6 Å². The van der Waals surface area contributed by atoms with Crippen LogP contribution < -0.4 is 10.2 Å². The van der Waals surface area contributed by atoms with Gasteiger partial charge < -0.3 is 10.2 Å². The van der Waals surface area contributed by atoms with Gasteiger partial charge >= 0.3 is 0 Å². The van der Waals surface area contributed by atoms with Gasteiger partial charge in [0.05, 0.1) is 0 Å².